The molecule has 0 bridgehead atoms. The number of carbonyl (C=O) groups is 1. The van der Waals surface area contributed by atoms with Crippen molar-refractivity contribution in [2.75, 3.05) is 6.54 Å². The number of hydrogen-bond acceptors (Lipinski definition) is 3. The van der Waals surface area contributed by atoms with Crippen LogP contribution < -0.4 is 5.32 Å². The Bertz CT molecular complexity index is 1110. The van der Waals surface area contributed by atoms with Crippen LogP contribution in [0, 0.1) is 6.92 Å². The van der Waals surface area contributed by atoms with E-state index in [9.17, 15) is 4.79 Å². The first-order valence-electron chi connectivity index (χ1n) is 10.9. The van der Waals surface area contributed by atoms with E-state index in [1.54, 1.807) is 11.3 Å². The number of allylic oxidation sites excluding steroid dienone is 1. The molecule has 0 aliphatic heterocycles. The van der Waals surface area contributed by atoms with Gasteiger partial charge in [-0.2, -0.15) is 5.10 Å². The van der Waals surface area contributed by atoms with Gasteiger partial charge in [0.05, 0.1) is 22.0 Å². The Morgan fingerprint density at radius 2 is 2.03 bits per heavy atom. The molecule has 0 saturated carbocycles. The Labute approximate surface area is 181 Å². The number of rotatable bonds is 5. The molecule has 0 spiro atoms. The molecule has 0 atom stereocenters. The van der Waals surface area contributed by atoms with Crippen LogP contribution in [0.1, 0.15) is 58.7 Å². The van der Waals surface area contributed by atoms with Gasteiger partial charge in [0.2, 0.25) is 0 Å². The monoisotopic (exact) mass is 417 g/mol. The van der Waals surface area contributed by atoms with Crippen LogP contribution in [0.15, 0.2) is 48.0 Å². The van der Waals surface area contributed by atoms with E-state index in [1.807, 2.05) is 18.2 Å². The lowest BCUT2D eigenvalue weighted by Gasteiger charge is -2.14. The van der Waals surface area contributed by atoms with Crippen molar-refractivity contribution in [2.24, 2.45) is 0 Å². The van der Waals surface area contributed by atoms with Gasteiger partial charge in [-0.05, 0) is 75.6 Å². The highest BCUT2D eigenvalue weighted by Crippen LogP contribution is 2.42. The quantitative estimate of drug-likeness (QED) is 0.547. The Hall–Kier alpha value is -2.66. The molecule has 2 aromatic heterocycles. The van der Waals surface area contributed by atoms with Gasteiger partial charge >= 0.3 is 0 Å². The Morgan fingerprint density at radius 1 is 1.17 bits per heavy atom. The number of aryl methyl sites for hydroxylation is 2. The Kier molecular flexibility index (Phi) is 5.30. The van der Waals surface area contributed by atoms with Gasteiger partial charge in [0.25, 0.3) is 5.91 Å². The lowest BCUT2D eigenvalue weighted by molar-refractivity contribution is 0.0958. The molecule has 5 heteroatoms. The zero-order valence-corrected chi connectivity index (χ0v) is 18.2. The van der Waals surface area contributed by atoms with E-state index in [0.717, 1.165) is 42.1 Å². The smallest absolute Gasteiger partial charge is 0.261 e. The average molecular weight is 418 g/mol. The van der Waals surface area contributed by atoms with Gasteiger partial charge in [-0.1, -0.05) is 29.8 Å². The summed E-state index contributed by atoms with van der Waals surface area (Å²) in [7, 11) is 0. The van der Waals surface area contributed by atoms with E-state index in [2.05, 4.69) is 41.2 Å². The second-order valence-electron chi connectivity index (χ2n) is 8.23. The highest BCUT2D eigenvalue weighted by molar-refractivity contribution is 7.17. The van der Waals surface area contributed by atoms with Crippen LogP contribution in [-0.4, -0.2) is 22.2 Å². The molecule has 1 N–H and O–H groups in total. The Balaban J connectivity index is 1.36. The standard InChI is InChI=1S/C25H27N3OS/c1-17-23-21(28(27-17)20-10-6-3-7-11-20)13-12-19-16-22(30-24(19)23)25(29)26-15-14-18-8-4-2-5-9-18/h3,6-8,10-11,16H,2,4-5,9,12-15H2,1H3,(H,26,29). The predicted molar refractivity (Wildman–Crippen MR) is 123 cm³/mol. The fourth-order valence-corrected chi connectivity index (χ4v) is 5.88. The molecule has 2 heterocycles. The molecule has 1 amide bonds. The second kappa shape index (κ2) is 8.23. The number of thiophene rings is 1. The van der Waals surface area contributed by atoms with Crippen molar-refractivity contribution >= 4 is 17.2 Å². The van der Waals surface area contributed by atoms with Crippen LogP contribution in [0.25, 0.3) is 16.1 Å². The number of benzene rings is 1. The van der Waals surface area contributed by atoms with Gasteiger partial charge in [0.1, 0.15) is 0 Å². The molecule has 0 radical (unpaired) electrons. The van der Waals surface area contributed by atoms with Crippen LogP contribution in [0.5, 0.6) is 0 Å². The molecule has 0 saturated heterocycles. The number of amides is 1. The van der Waals surface area contributed by atoms with Gasteiger partial charge in [0.15, 0.2) is 0 Å². The SMILES string of the molecule is Cc1nn(-c2ccccc2)c2c1-c1sc(C(=O)NCCC3=CCCCC3)cc1CC2. The van der Waals surface area contributed by atoms with E-state index in [0.29, 0.717) is 0 Å². The molecule has 154 valence electrons. The number of fused-ring (bicyclic) bond motifs is 3. The molecule has 2 aliphatic rings. The van der Waals surface area contributed by atoms with E-state index in [4.69, 9.17) is 5.10 Å². The van der Waals surface area contributed by atoms with Crippen molar-refractivity contribution in [1.82, 2.24) is 15.1 Å². The molecule has 2 aliphatic carbocycles. The third kappa shape index (κ3) is 3.63. The minimum Gasteiger partial charge on any atom is -0.351 e. The van der Waals surface area contributed by atoms with Crippen molar-refractivity contribution in [1.29, 1.82) is 0 Å². The number of carbonyl (C=O) groups excluding carboxylic acids is 1. The van der Waals surface area contributed by atoms with Gasteiger partial charge in [0, 0.05) is 17.0 Å². The molecule has 1 aromatic carbocycles. The molecule has 5 rings (SSSR count). The summed E-state index contributed by atoms with van der Waals surface area (Å²) in [5.74, 6) is 0.0560. The first-order valence-corrected chi connectivity index (χ1v) is 11.8. The normalized spacial score (nSPS) is 15.3. The zero-order valence-electron chi connectivity index (χ0n) is 17.4. The molecule has 0 unspecified atom stereocenters. The van der Waals surface area contributed by atoms with E-state index >= 15 is 0 Å². The lowest BCUT2D eigenvalue weighted by atomic mass is 9.95. The van der Waals surface area contributed by atoms with Crippen LogP contribution >= 0.6 is 11.3 Å². The maximum atomic E-state index is 12.8. The van der Waals surface area contributed by atoms with Crippen molar-refractivity contribution in [3.05, 3.63) is 69.9 Å². The first-order chi connectivity index (χ1) is 14.7. The maximum Gasteiger partial charge on any atom is 0.261 e. The van der Waals surface area contributed by atoms with Gasteiger partial charge in [-0.15, -0.1) is 11.3 Å². The zero-order chi connectivity index (χ0) is 20.5. The topological polar surface area (TPSA) is 46.9 Å². The third-order valence-electron chi connectivity index (χ3n) is 6.16. The molecule has 0 fully saturated rings. The molecule has 3 aromatic rings. The van der Waals surface area contributed by atoms with Gasteiger partial charge in [-0.25, -0.2) is 4.68 Å². The highest BCUT2D eigenvalue weighted by Gasteiger charge is 2.27. The van der Waals surface area contributed by atoms with Crippen LogP contribution in [-0.2, 0) is 12.8 Å². The van der Waals surface area contributed by atoms with Crippen molar-refractivity contribution in [2.45, 2.75) is 51.9 Å². The van der Waals surface area contributed by atoms with Crippen molar-refractivity contribution in [3.63, 3.8) is 0 Å². The summed E-state index contributed by atoms with van der Waals surface area (Å²) >= 11 is 1.61. The van der Waals surface area contributed by atoms with E-state index < -0.39 is 0 Å². The molecule has 30 heavy (non-hydrogen) atoms. The summed E-state index contributed by atoms with van der Waals surface area (Å²) < 4.78 is 2.07. The fraction of sp³-hybridized carbons (Fsp3) is 0.360. The maximum absolute atomic E-state index is 12.8. The number of hydrogen-bond donors (Lipinski definition) is 1. The minimum atomic E-state index is 0.0560. The molecular formula is C25H27N3OS. The van der Waals surface area contributed by atoms with Gasteiger partial charge in [-0.3, -0.25) is 4.79 Å². The minimum absolute atomic E-state index is 0.0560. The largest absolute Gasteiger partial charge is 0.351 e. The summed E-state index contributed by atoms with van der Waals surface area (Å²) in [6.45, 7) is 2.80. The summed E-state index contributed by atoms with van der Waals surface area (Å²) in [4.78, 5) is 14.8. The predicted octanol–water partition coefficient (Wildman–Crippen LogP) is 5.63. The molecular weight excluding hydrogens is 390 g/mol. The Morgan fingerprint density at radius 3 is 2.83 bits per heavy atom. The average Bonchev–Trinajstić information content (AvgIpc) is 3.36. The van der Waals surface area contributed by atoms with Crippen LogP contribution in [0.2, 0.25) is 0 Å². The van der Waals surface area contributed by atoms with Crippen molar-refractivity contribution in [3.8, 4) is 16.1 Å². The van der Waals surface area contributed by atoms with Crippen LogP contribution in [0.4, 0.5) is 0 Å². The first kappa shape index (κ1) is 19.3. The van der Waals surface area contributed by atoms with E-state index in [-0.39, 0.29) is 5.91 Å². The lowest BCUT2D eigenvalue weighted by Crippen LogP contribution is -2.24. The van der Waals surface area contributed by atoms with Crippen LogP contribution in [0.3, 0.4) is 0 Å². The fourth-order valence-electron chi connectivity index (χ4n) is 4.63. The third-order valence-corrected chi connectivity index (χ3v) is 7.36. The number of aromatic nitrogens is 2. The van der Waals surface area contributed by atoms with Gasteiger partial charge < -0.3 is 5.32 Å². The summed E-state index contributed by atoms with van der Waals surface area (Å²) in [6.07, 6.45) is 10.2. The highest BCUT2D eigenvalue weighted by atomic mass is 32.1. The molecule has 4 nitrogen and oxygen atoms in total. The van der Waals surface area contributed by atoms with Crippen molar-refractivity contribution < 1.29 is 4.79 Å². The number of para-hydroxylation sites is 1. The number of nitrogens with zero attached hydrogens (tertiary/aromatic N) is 2. The summed E-state index contributed by atoms with van der Waals surface area (Å²) in [5, 5.41) is 7.97. The van der Waals surface area contributed by atoms with E-state index in [1.165, 1.54) is 53.0 Å². The summed E-state index contributed by atoms with van der Waals surface area (Å²) in [5.41, 5.74) is 7.38. The number of nitrogens with one attached hydrogen (secondary N) is 1. The summed E-state index contributed by atoms with van der Waals surface area (Å²) in [6, 6.07) is 12.4. The second-order valence-corrected chi connectivity index (χ2v) is 9.29.